The van der Waals surface area contributed by atoms with E-state index in [1.807, 2.05) is 0 Å². The molecule has 0 aliphatic carbocycles. The number of nitro benzene ring substituents is 1. The molecule has 0 spiro atoms. The van der Waals surface area contributed by atoms with E-state index in [1.165, 1.54) is 12.1 Å². The lowest BCUT2D eigenvalue weighted by Crippen LogP contribution is -2.36. The van der Waals surface area contributed by atoms with Gasteiger partial charge in [0.1, 0.15) is 0 Å². The summed E-state index contributed by atoms with van der Waals surface area (Å²) >= 11 is 0. The van der Waals surface area contributed by atoms with Crippen LogP contribution in [0.5, 0.6) is 0 Å². The van der Waals surface area contributed by atoms with Gasteiger partial charge < -0.3 is 15.7 Å². The Morgan fingerprint density at radius 1 is 1.38 bits per heavy atom. The first kappa shape index (κ1) is 16.4. The predicted octanol–water partition coefficient (Wildman–Crippen LogP) is 1.50. The van der Waals surface area contributed by atoms with E-state index >= 15 is 0 Å². The van der Waals surface area contributed by atoms with Crippen LogP contribution < -0.4 is 10.6 Å². The van der Waals surface area contributed by atoms with Crippen LogP contribution in [-0.2, 0) is 11.3 Å². The number of carboxylic acids is 1. The molecule has 1 unspecified atom stereocenters. The number of urea groups is 1. The zero-order valence-electron chi connectivity index (χ0n) is 11.5. The first-order chi connectivity index (χ1) is 9.90. The Kier molecular flexibility index (Phi) is 6.12. The van der Waals surface area contributed by atoms with Gasteiger partial charge in [-0.05, 0) is 12.0 Å². The minimum absolute atomic E-state index is 0.0370. The van der Waals surface area contributed by atoms with Crippen molar-refractivity contribution in [2.45, 2.75) is 19.9 Å². The molecule has 0 aliphatic heterocycles. The summed E-state index contributed by atoms with van der Waals surface area (Å²) in [5, 5.41) is 24.4. The normalized spacial score (nSPS) is 11.5. The largest absolute Gasteiger partial charge is 0.481 e. The second kappa shape index (κ2) is 7.83. The zero-order chi connectivity index (χ0) is 15.8. The molecule has 1 aromatic carbocycles. The van der Waals surface area contributed by atoms with Gasteiger partial charge in [0.25, 0.3) is 5.69 Å². The fraction of sp³-hybridized carbons (Fsp3) is 0.385. The van der Waals surface area contributed by atoms with Gasteiger partial charge in [0, 0.05) is 25.2 Å². The minimum Gasteiger partial charge on any atom is -0.481 e. The zero-order valence-corrected chi connectivity index (χ0v) is 11.5. The quantitative estimate of drug-likeness (QED) is 0.520. The van der Waals surface area contributed by atoms with Gasteiger partial charge in [-0.25, -0.2) is 4.79 Å². The monoisotopic (exact) mass is 295 g/mol. The molecule has 2 amide bonds. The molecule has 114 valence electrons. The number of aliphatic carboxylic acids is 1. The average molecular weight is 295 g/mol. The summed E-state index contributed by atoms with van der Waals surface area (Å²) in [6.45, 7) is 1.96. The van der Waals surface area contributed by atoms with Crippen LogP contribution in [0.1, 0.15) is 18.9 Å². The highest BCUT2D eigenvalue weighted by atomic mass is 16.6. The van der Waals surface area contributed by atoms with Crippen molar-refractivity contribution in [3.8, 4) is 0 Å². The number of rotatable bonds is 7. The van der Waals surface area contributed by atoms with E-state index in [0.29, 0.717) is 12.0 Å². The van der Waals surface area contributed by atoms with Crippen LogP contribution >= 0.6 is 0 Å². The summed E-state index contributed by atoms with van der Waals surface area (Å²) in [6, 6.07) is 5.52. The van der Waals surface area contributed by atoms with E-state index < -0.39 is 22.8 Å². The van der Waals surface area contributed by atoms with Gasteiger partial charge in [0.15, 0.2) is 0 Å². The SMILES string of the molecule is CC(CCNC(=O)NCc1cccc([N+](=O)[O-])c1)C(=O)O. The van der Waals surface area contributed by atoms with Crippen LogP contribution in [0.25, 0.3) is 0 Å². The average Bonchev–Trinajstić information content (AvgIpc) is 2.45. The maximum absolute atomic E-state index is 11.5. The number of carbonyl (C=O) groups is 2. The Morgan fingerprint density at radius 2 is 2.10 bits per heavy atom. The van der Waals surface area contributed by atoms with Gasteiger partial charge in [-0.15, -0.1) is 0 Å². The number of nitro groups is 1. The van der Waals surface area contributed by atoms with Crippen molar-refractivity contribution in [2.24, 2.45) is 5.92 Å². The Balaban J connectivity index is 2.34. The summed E-state index contributed by atoms with van der Waals surface area (Å²) in [4.78, 5) is 32.2. The fourth-order valence-corrected chi connectivity index (χ4v) is 1.55. The summed E-state index contributed by atoms with van der Waals surface area (Å²) in [5.41, 5.74) is 0.572. The molecule has 1 rings (SSSR count). The number of hydrogen-bond donors (Lipinski definition) is 3. The van der Waals surface area contributed by atoms with Crippen molar-refractivity contribution in [3.05, 3.63) is 39.9 Å². The lowest BCUT2D eigenvalue weighted by atomic mass is 10.1. The number of nitrogens with one attached hydrogen (secondary N) is 2. The molecule has 1 aromatic rings. The predicted molar refractivity (Wildman–Crippen MR) is 74.8 cm³/mol. The Labute approximate surface area is 121 Å². The van der Waals surface area contributed by atoms with Crippen molar-refractivity contribution in [1.82, 2.24) is 10.6 Å². The molecule has 0 saturated heterocycles. The Bertz CT molecular complexity index is 532. The number of non-ortho nitro benzene ring substituents is 1. The molecular weight excluding hydrogens is 278 g/mol. The van der Waals surface area contributed by atoms with Crippen LogP contribution in [0.15, 0.2) is 24.3 Å². The number of nitrogens with zero attached hydrogens (tertiary/aromatic N) is 1. The van der Waals surface area contributed by atoms with E-state index in [4.69, 9.17) is 5.11 Å². The minimum atomic E-state index is -0.909. The summed E-state index contributed by atoms with van der Waals surface area (Å²) < 4.78 is 0. The molecule has 1 atom stereocenters. The second-order valence-corrected chi connectivity index (χ2v) is 4.56. The first-order valence-corrected chi connectivity index (χ1v) is 6.38. The molecule has 8 nitrogen and oxygen atoms in total. The van der Waals surface area contributed by atoms with E-state index in [1.54, 1.807) is 19.1 Å². The fourth-order valence-electron chi connectivity index (χ4n) is 1.55. The summed E-state index contributed by atoms with van der Waals surface area (Å²) in [6.07, 6.45) is 0.333. The maximum atomic E-state index is 11.5. The van der Waals surface area contributed by atoms with Crippen molar-refractivity contribution in [3.63, 3.8) is 0 Å². The summed E-state index contributed by atoms with van der Waals surface area (Å²) in [5.74, 6) is -1.43. The lowest BCUT2D eigenvalue weighted by molar-refractivity contribution is -0.384. The molecule has 0 radical (unpaired) electrons. The van der Waals surface area contributed by atoms with Crippen molar-refractivity contribution < 1.29 is 19.6 Å². The Morgan fingerprint density at radius 3 is 2.71 bits per heavy atom. The van der Waals surface area contributed by atoms with Crippen molar-refractivity contribution in [1.29, 1.82) is 0 Å². The highest BCUT2D eigenvalue weighted by Gasteiger charge is 2.11. The van der Waals surface area contributed by atoms with E-state index in [9.17, 15) is 19.7 Å². The standard InChI is InChI=1S/C13H17N3O5/c1-9(12(17)18)5-6-14-13(19)15-8-10-3-2-4-11(7-10)16(20)21/h2-4,7,9H,5-6,8H2,1H3,(H,17,18)(H2,14,15,19). The smallest absolute Gasteiger partial charge is 0.315 e. The van der Waals surface area contributed by atoms with Crippen molar-refractivity contribution >= 4 is 17.7 Å². The van der Waals surface area contributed by atoms with Gasteiger partial charge in [-0.2, -0.15) is 0 Å². The van der Waals surface area contributed by atoms with E-state index in [0.717, 1.165) is 0 Å². The number of carboxylic acid groups (broad SMARTS) is 1. The van der Waals surface area contributed by atoms with Crippen LogP contribution in [0, 0.1) is 16.0 Å². The molecule has 0 aromatic heterocycles. The molecule has 21 heavy (non-hydrogen) atoms. The third-order valence-electron chi connectivity index (χ3n) is 2.86. The summed E-state index contributed by atoms with van der Waals surface area (Å²) in [7, 11) is 0. The molecule has 0 heterocycles. The molecule has 0 bridgehead atoms. The number of amides is 2. The highest BCUT2D eigenvalue weighted by Crippen LogP contribution is 2.12. The van der Waals surface area contributed by atoms with Gasteiger partial charge >= 0.3 is 12.0 Å². The lowest BCUT2D eigenvalue weighted by Gasteiger charge is -2.09. The van der Waals surface area contributed by atoms with Gasteiger partial charge in [-0.1, -0.05) is 19.1 Å². The van der Waals surface area contributed by atoms with Crippen molar-refractivity contribution in [2.75, 3.05) is 6.54 Å². The van der Waals surface area contributed by atoms with E-state index in [2.05, 4.69) is 10.6 Å². The number of benzene rings is 1. The first-order valence-electron chi connectivity index (χ1n) is 6.38. The Hall–Kier alpha value is -2.64. The third kappa shape index (κ3) is 5.89. The van der Waals surface area contributed by atoms with Crippen LogP contribution in [-0.4, -0.2) is 28.6 Å². The molecule has 3 N–H and O–H groups in total. The third-order valence-corrected chi connectivity index (χ3v) is 2.86. The van der Waals surface area contributed by atoms with Crippen LogP contribution in [0.4, 0.5) is 10.5 Å². The van der Waals surface area contributed by atoms with Crippen LogP contribution in [0.3, 0.4) is 0 Å². The number of carbonyl (C=O) groups excluding carboxylic acids is 1. The van der Waals surface area contributed by atoms with Gasteiger partial charge in [-0.3, -0.25) is 14.9 Å². The highest BCUT2D eigenvalue weighted by molar-refractivity contribution is 5.74. The second-order valence-electron chi connectivity index (χ2n) is 4.56. The molecule has 0 saturated carbocycles. The number of hydrogen-bond acceptors (Lipinski definition) is 4. The molecule has 8 heteroatoms. The molecule has 0 aliphatic rings. The van der Waals surface area contributed by atoms with Crippen LogP contribution in [0.2, 0.25) is 0 Å². The van der Waals surface area contributed by atoms with Gasteiger partial charge in [0.2, 0.25) is 0 Å². The topological polar surface area (TPSA) is 122 Å². The molecule has 0 fully saturated rings. The maximum Gasteiger partial charge on any atom is 0.315 e. The molecular formula is C13H17N3O5. The van der Waals surface area contributed by atoms with Gasteiger partial charge in [0.05, 0.1) is 10.8 Å². The van der Waals surface area contributed by atoms with E-state index in [-0.39, 0.29) is 18.8 Å².